The molecule has 7 nitrogen and oxygen atoms in total. The predicted octanol–water partition coefficient (Wildman–Crippen LogP) is 0.975. The minimum Gasteiger partial charge on any atom is -0.497 e. The molecule has 1 aliphatic heterocycles. The van der Waals surface area contributed by atoms with Crippen molar-refractivity contribution in [3.8, 4) is 5.75 Å². The molecule has 0 saturated carbocycles. The molecule has 0 spiro atoms. The SMILES string of the molecule is COc1ccc(CCN=CC2C(=O)N(C)C(=O)N(C)C2=O)cc1. The Morgan fingerprint density at radius 2 is 1.65 bits per heavy atom. The van der Waals surface area contributed by atoms with Crippen molar-refractivity contribution < 1.29 is 19.1 Å². The number of nitrogens with zero attached hydrogens (tertiary/aromatic N) is 3. The third-order valence-electron chi connectivity index (χ3n) is 3.71. The number of hydrogen-bond donors (Lipinski definition) is 0. The van der Waals surface area contributed by atoms with Crippen molar-refractivity contribution in [2.24, 2.45) is 10.9 Å². The highest BCUT2D eigenvalue weighted by Gasteiger charge is 2.41. The van der Waals surface area contributed by atoms with Crippen molar-refractivity contribution in [3.63, 3.8) is 0 Å². The Kier molecular flexibility index (Phi) is 5.10. The van der Waals surface area contributed by atoms with Gasteiger partial charge in [-0.25, -0.2) is 4.79 Å². The number of carbonyl (C=O) groups is 3. The lowest BCUT2D eigenvalue weighted by molar-refractivity contribution is -0.144. The van der Waals surface area contributed by atoms with Gasteiger partial charge in [-0.1, -0.05) is 12.1 Å². The summed E-state index contributed by atoms with van der Waals surface area (Å²) in [7, 11) is 4.31. The van der Waals surface area contributed by atoms with Crippen LogP contribution in [0.4, 0.5) is 4.79 Å². The highest BCUT2D eigenvalue weighted by molar-refractivity contribution is 6.23. The highest BCUT2D eigenvalue weighted by Crippen LogP contribution is 2.14. The number of ether oxygens (including phenoxy) is 1. The first-order valence-electron chi connectivity index (χ1n) is 7.17. The van der Waals surface area contributed by atoms with Crippen LogP contribution in [0.15, 0.2) is 29.3 Å². The van der Waals surface area contributed by atoms with Crippen molar-refractivity contribution in [1.29, 1.82) is 0 Å². The number of imide groups is 2. The maximum atomic E-state index is 12.0. The van der Waals surface area contributed by atoms with E-state index in [4.69, 9.17) is 4.74 Å². The normalized spacial score (nSPS) is 16.6. The smallest absolute Gasteiger partial charge is 0.332 e. The average Bonchev–Trinajstić information content (AvgIpc) is 2.58. The summed E-state index contributed by atoms with van der Waals surface area (Å²) >= 11 is 0. The summed E-state index contributed by atoms with van der Waals surface area (Å²) in [5.41, 5.74) is 1.08. The maximum Gasteiger partial charge on any atom is 0.332 e. The number of carbonyl (C=O) groups excluding carboxylic acids is 3. The van der Waals surface area contributed by atoms with E-state index in [-0.39, 0.29) is 0 Å². The van der Waals surface area contributed by atoms with E-state index in [0.717, 1.165) is 21.1 Å². The minimum absolute atomic E-state index is 0.449. The summed E-state index contributed by atoms with van der Waals surface area (Å²) in [6.45, 7) is 0.449. The lowest BCUT2D eigenvalue weighted by Gasteiger charge is -2.31. The van der Waals surface area contributed by atoms with E-state index in [9.17, 15) is 14.4 Å². The van der Waals surface area contributed by atoms with Crippen molar-refractivity contribution in [2.45, 2.75) is 6.42 Å². The molecule has 1 aliphatic rings. The minimum atomic E-state index is -1.03. The molecule has 0 radical (unpaired) electrons. The number of rotatable bonds is 5. The molecule has 1 aromatic rings. The first-order valence-corrected chi connectivity index (χ1v) is 7.17. The van der Waals surface area contributed by atoms with Gasteiger partial charge < -0.3 is 4.74 Å². The molecular formula is C16H19N3O4. The van der Waals surface area contributed by atoms with E-state index in [2.05, 4.69) is 4.99 Å². The molecule has 1 aromatic carbocycles. The van der Waals surface area contributed by atoms with Gasteiger partial charge in [0.05, 0.1) is 7.11 Å². The number of barbiturate groups is 1. The first-order chi connectivity index (χ1) is 11.0. The van der Waals surface area contributed by atoms with E-state index in [1.165, 1.54) is 20.3 Å². The van der Waals surface area contributed by atoms with Gasteiger partial charge in [-0.05, 0) is 24.1 Å². The molecular weight excluding hydrogens is 298 g/mol. The maximum absolute atomic E-state index is 12.0. The van der Waals surface area contributed by atoms with Gasteiger partial charge in [-0.15, -0.1) is 0 Å². The van der Waals surface area contributed by atoms with Crippen LogP contribution < -0.4 is 4.74 Å². The zero-order valence-electron chi connectivity index (χ0n) is 13.4. The van der Waals surface area contributed by atoms with Crippen LogP contribution in [0.5, 0.6) is 5.75 Å². The van der Waals surface area contributed by atoms with Crippen LogP contribution in [0, 0.1) is 5.92 Å². The molecule has 4 amide bonds. The van der Waals surface area contributed by atoms with Crippen molar-refractivity contribution in [1.82, 2.24) is 9.80 Å². The van der Waals surface area contributed by atoms with Gasteiger partial charge >= 0.3 is 6.03 Å². The quantitative estimate of drug-likeness (QED) is 0.599. The average molecular weight is 317 g/mol. The summed E-state index contributed by atoms with van der Waals surface area (Å²) in [5.74, 6) is -1.34. The summed E-state index contributed by atoms with van der Waals surface area (Å²) in [4.78, 5) is 41.6. The van der Waals surface area contributed by atoms with Crippen LogP contribution in [0.3, 0.4) is 0 Å². The first kappa shape index (κ1) is 16.7. The van der Waals surface area contributed by atoms with Gasteiger partial charge in [0.15, 0.2) is 5.92 Å². The molecule has 0 N–H and O–H groups in total. The van der Waals surface area contributed by atoms with Gasteiger partial charge in [-0.2, -0.15) is 0 Å². The summed E-state index contributed by atoms with van der Waals surface area (Å²) < 4.78 is 5.09. The molecule has 0 bridgehead atoms. The van der Waals surface area contributed by atoms with Gasteiger partial charge in [-0.3, -0.25) is 24.4 Å². The standard InChI is InChI=1S/C16H19N3O4/c1-18-14(20)13(15(21)19(2)16(18)22)10-17-9-8-11-4-6-12(23-3)7-5-11/h4-7,10,13H,8-9H2,1-3H3. The number of amides is 4. The fourth-order valence-corrected chi connectivity index (χ4v) is 2.23. The molecule has 1 fully saturated rings. The monoisotopic (exact) mass is 317 g/mol. The van der Waals surface area contributed by atoms with Crippen LogP contribution in [0.2, 0.25) is 0 Å². The van der Waals surface area contributed by atoms with Gasteiger partial charge in [0.2, 0.25) is 11.8 Å². The fourth-order valence-electron chi connectivity index (χ4n) is 2.23. The van der Waals surface area contributed by atoms with E-state index in [0.29, 0.717) is 13.0 Å². The molecule has 1 heterocycles. The van der Waals surface area contributed by atoms with Crippen LogP contribution in [0.25, 0.3) is 0 Å². The van der Waals surface area contributed by atoms with E-state index in [1.54, 1.807) is 7.11 Å². The molecule has 23 heavy (non-hydrogen) atoms. The number of methoxy groups -OCH3 is 1. The lowest BCUT2D eigenvalue weighted by atomic mass is 10.1. The van der Waals surface area contributed by atoms with E-state index in [1.807, 2.05) is 24.3 Å². The number of hydrogen-bond acceptors (Lipinski definition) is 5. The number of urea groups is 1. The molecule has 0 atom stereocenters. The Morgan fingerprint density at radius 1 is 1.09 bits per heavy atom. The Morgan fingerprint density at radius 3 is 2.17 bits per heavy atom. The van der Waals surface area contributed by atoms with Crippen LogP contribution in [-0.4, -0.2) is 61.6 Å². The van der Waals surface area contributed by atoms with Gasteiger partial charge in [0, 0.05) is 26.9 Å². The molecule has 0 unspecified atom stereocenters. The Bertz CT molecular complexity index is 615. The zero-order chi connectivity index (χ0) is 17.0. The summed E-state index contributed by atoms with van der Waals surface area (Å²) in [5, 5.41) is 0. The number of aliphatic imine (C=N–C) groups is 1. The van der Waals surface area contributed by atoms with Crippen molar-refractivity contribution in [3.05, 3.63) is 29.8 Å². The molecule has 0 aliphatic carbocycles. The second-order valence-corrected chi connectivity index (χ2v) is 5.21. The largest absolute Gasteiger partial charge is 0.497 e. The molecule has 2 rings (SSSR count). The van der Waals surface area contributed by atoms with Gasteiger partial charge in [0.25, 0.3) is 0 Å². The highest BCUT2D eigenvalue weighted by atomic mass is 16.5. The summed E-state index contributed by atoms with van der Waals surface area (Å²) in [6.07, 6.45) is 2.01. The lowest BCUT2D eigenvalue weighted by Crippen LogP contribution is -2.57. The number of benzene rings is 1. The van der Waals surface area contributed by atoms with Crippen LogP contribution in [-0.2, 0) is 16.0 Å². The fraction of sp³-hybridized carbons (Fsp3) is 0.375. The van der Waals surface area contributed by atoms with Crippen molar-refractivity contribution >= 4 is 24.1 Å². The van der Waals surface area contributed by atoms with Gasteiger partial charge in [0.1, 0.15) is 5.75 Å². The Hall–Kier alpha value is -2.70. The molecule has 7 heteroatoms. The molecule has 0 aromatic heterocycles. The Balaban J connectivity index is 1.95. The second kappa shape index (κ2) is 7.04. The van der Waals surface area contributed by atoms with Crippen LogP contribution >= 0.6 is 0 Å². The second-order valence-electron chi connectivity index (χ2n) is 5.21. The predicted molar refractivity (Wildman–Crippen MR) is 84.5 cm³/mol. The van der Waals surface area contributed by atoms with E-state index < -0.39 is 23.8 Å². The zero-order valence-corrected chi connectivity index (χ0v) is 13.4. The third-order valence-corrected chi connectivity index (χ3v) is 3.71. The summed E-state index contributed by atoms with van der Waals surface area (Å²) in [6, 6.07) is 6.98. The topological polar surface area (TPSA) is 79.3 Å². The van der Waals surface area contributed by atoms with E-state index >= 15 is 0 Å². The van der Waals surface area contributed by atoms with Crippen molar-refractivity contribution in [2.75, 3.05) is 27.7 Å². The molecule has 1 saturated heterocycles. The Labute approximate surface area is 134 Å². The molecule has 122 valence electrons. The third kappa shape index (κ3) is 3.56. The van der Waals surface area contributed by atoms with Crippen LogP contribution in [0.1, 0.15) is 5.56 Å².